The summed E-state index contributed by atoms with van der Waals surface area (Å²) in [5.74, 6) is -0.652. The van der Waals surface area contributed by atoms with E-state index in [4.69, 9.17) is 4.74 Å². The number of nitrogens with zero attached hydrogens (tertiary/aromatic N) is 1. The van der Waals surface area contributed by atoms with Gasteiger partial charge in [0.25, 0.3) is 11.8 Å². The normalized spacial score (nSPS) is 15.1. The summed E-state index contributed by atoms with van der Waals surface area (Å²) in [4.78, 5) is 38.4. The molecule has 3 aromatic rings. The van der Waals surface area contributed by atoms with E-state index in [0.29, 0.717) is 17.9 Å². The number of imide groups is 2. The van der Waals surface area contributed by atoms with Crippen LogP contribution in [0.5, 0.6) is 5.75 Å². The largest absolute Gasteiger partial charge is 0.489 e. The predicted octanol–water partition coefficient (Wildman–Crippen LogP) is 4.24. The van der Waals surface area contributed by atoms with Gasteiger partial charge in [-0.25, -0.2) is 4.79 Å². The fraction of sp³-hybridized carbons (Fsp3) is 0.115. The Morgan fingerprint density at radius 2 is 1.59 bits per heavy atom. The topological polar surface area (TPSA) is 75.7 Å². The van der Waals surface area contributed by atoms with Crippen molar-refractivity contribution in [1.29, 1.82) is 0 Å². The number of carbonyl (C=O) groups is 3. The van der Waals surface area contributed by atoms with Gasteiger partial charge in [0.15, 0.2) is 0 Å². The molecule has 0 aromatic heterocycles. The van der Waals surface area contributed by atoms with Crippen LogP contribution in [0.25, 0.3) is 6.08 Å². The molecule has 3 aromatic carbocycles. The lowest BCUT2D eigenvalue weighted by molar-refractivity contribution is -0.130. The van der Waals surface area contributed by atoms with Gasteiger partial charge in [-0.1, -0.05) is 72.3 Å². The zero-order valence-corrected chi connectivity index (χ0v) is 17.6. The first kappa shape index (κ1) is 21.1. The van der Waals surface area contributed by atoms with E-state index < -0.39 is 17.8 Å². The van der Waals surface area contributed by atoms with E-state index in [1.54, 1.807) is 24.3 Å². The van der Waals surface area contributed by atoms with Crippen LogP contribution < -0.4 is 10.1 Å². The van der Waals surface area contributed by atoms with Crippen LogP contribution in [0.15, 0.2) is 84.4 Å². The minimum Gasteiger partial charge on any atom is -0.489 e. The average molecular weight is 426 g/mol. The SMILES string of the molecule is Cc1cccc(COc2ccc(/C=C3\C(=O)NC(=O)N(Cc4ccccc4)C3=O)cc2)c1. The van der Waals surface area contributed by atoms with Crippen molar-refractivity contribution in [2.75, 3.05) is 0 Å². The smallest absolute Gasteiger partial charge is 0.331 e. The molecule has 0 unspecified atom stereocenters. The molecular weight excluding hydrogens is 404 g/mol. The first-order valence-electron chi connectivity index (χ1n) is 10.2. The maximum atomic E-state index is 12.9. The molecule has 1 fully saturated rings. The summed E-state index contributed by atoms with van der Waals surface area (Å²) in [5, 5.41) is 2.24. The standard InChI is InChI=1S/C26H22N2O4/c1-18-6-5-9-21(14-18)17-32-22-12-10-19(11-13-22)15-23-24(29)27-26(31)28(25(23)30)16-20-7-3-2-4-8-20/h2-15H,16-17H2,1H3,(H,27,29,31)/b23-15+. The minimum absolute atomic E-state index is 0.0852. The van der Waals surface area contributed by atoms with Gasteiger partial charge in [-0.3, -0.25) is 19.8 Å². The van der Waals surface area contributed by atoms with Gasteiger partial charge in [-0.2, -0.15) is 0 Å². The molecule has 1 saturated heterocycles. The van der Waals surface area contributed by atoms with Crippen LogP contribution in [0.3, 0.4) is 0 Å². The van der Waals surface area contributed by atoms with Crippen molar-refractivity contribution in [2.24, 2.45) is 0 Å². The lowest BCUT2D eigenvalue weighted by Gasteiger charge is -2.26. The van der Waals surface area contributed by atoms with Crippen molar-refractivity contribution in [2.45, 2.75) is 20.1 Å². The Labute approximate surface area is 186 Å². The van der Waals surface area contributed by atoms with E-state index >= 15 is 0 Å². The van der Waals surface area contributed by atoms with Gasteiger partial charge in [0.1, 0.15) is 17.9 Å². The van der Waals surface area contributed by atoms with Gasteiger partial charge < -0.3 is 4.74 Å². The number of urea groups is 1. The van der Waals surface area contributed by atoms with Gasteiger partial charge in [0.2, 0.25) is 0 Å². The number of hydrogen-bond donors (Lipinski definition) is 1. The molecule has 1 N–H and O–H groups in total. The number of ether oxygens (including phenoxy) is 1. The Hall–Kier alpha value is -4.19. The average Bonchev–Trinajstić information content (AvgIpc) is 2.80. The van der Waals surface area contributed by atoms with Crippen molar-refractivity contribution < 1.29 is 19.1 Å². The first-order valence-corrected chi connectivity index (χ1v) is 10.2. The molecule has 1 heterocycles. The van der Waals surface area contributed by atoms with Crippen LogP contribution in [-0.4, -0.2) is 22.7 Å². The summed E-state index contributed by atoms with van der Waals surface area (Å²) in [7, 11) is 0. The van der Waals surface area contributed by atoms with Crippen LogP contribution in [-0.2, 0) is 22.7 Å². The van der Waals surface area contributed by atoms with Crippen molar-refractivity contribution >= 4 is 23.9 Å². The highest BCUT2D eigenvalue weighted by Crippen LogP contribution is 2.20. The Morgan fingerprint density at radius 1 is 0.875 bits per heavy atom. The van der Waals surface area contributed by atoms with Crippen LogP contribution in [0, 0.1) is 6.92 Å². The molecular formula is C26H22N2O4. The van der Waals surface area contributed by atoms with Gasteiger partial charge in [0.05, 0.1) is 6.54 Å². The molecule has 0 atom stereocenters. The Kier molecular flexibility index (Phi) is 6.12. The molecule has 4 rings (SSSR count). The van der Waals surface area contributed by atoms with Crippen LogP contribution in [0.1, 0.15) is 22.3 Å². The lowest BCUT2D eigenvalue weighted by Crippen LogP contribution is -2.53. The van der Waals surface area contributed by atoms with Gasteiger partial charge in [0, 0.05) is 0 Å². The van der Waals surface area contributed by atoms with Crippen LogP contribution in [0.2, 0.25) is 0 Å². The van der Waals surface area contributed by atoms with E-state index in [1.807, 2.05) is 55.5 Å². The molecule has 0 aliphatic carbocycles. The zero-order chi connectivity index (χ0) is 22.5. The fourth-order valence-electron chi connectivity index (χ4n) is 3.40. The highest BCUT2D eigenvalue weighted by atomic mass is 16.5. The monoisotopic (exact) mass is 426 g/mol. The maximum Gasteiger partial charge on any atom is 0.331 e. The molecule has 32 heavy (non-hydrogen) atoms. The van der Waals surface area contributed by atoms with Crippen molar-refractivity contribution in [3.8, 4) is 5.75 Å². The summed E-state index contributed by atoms with van der Waals surface area (Å²) < 4.78 is 5.81. The number of aryl methyl sites for hydroxylation is 1. The lowest BCUT2D eigenvalue weighted by atomic mass is 10.1. The van der Waals surface area contributed by atoms with Crippen molar-refractivity contribution in [1.82, 2.24) is 10.2 Å². The van der Waals surface area contributed by atoms with Crippen molar-refractivity contribution in [3.63, 3.8) is 0 Å². The Balaban J connectivity index is 1.47. The third kappa shape index (κ3) is 4.92. The Morgan fingerprint density at radius 3 is 2.31 bits per heavy atom. The molecule has 160 valence electrons. The summed E-state index contributed by atoms with van der Waals surface area (Å²) in [5.41, 5.74) is 3.60. The molecule has 6 nitrogen and oxygen atoms in total. The van der Waals surface area contributed by atoms with E-state index in [2.05, 4.69) is 11.4 Å². The zero-order valence-electron chi connectivity index (χ0n) is 17.6. The van der Waals surface area contributed by atoms with Gasteiger partial charge in [-0.05, 0) is 41.8 Å². The van der Waals surface area contributed by atoms with Crippen LogP contribution >= 0.6 is 0 Å². The molecule has 4 amide bonds. The minimum atomic E-state index is -0.721. The fourth-order valence-corrected chi connectivity index (χ4v) is 3.40. The second-order valence-corrected chi connectivity index (χ2v) is 7.54. The maximum absolute atomic E-state index is 12.9. The highest BCUT2D eigenvalue weighted by molar-refractivity contribution is 6.30. The van der Waals surface area contributed by atoms with E-state index in [0.717, 1.165) is 16.0 Å². The molecule has 0 radical (unpaired) electrons. The number of benzene rings is 3. The third-order valence-corrected chi connectivity index (χ3v) is 5.05. The second kappa shape index (κ2) is 9.31. The highest BCUT2D eigenvalue weighted by Gasteiger charge is 2.35. The van der Waals surface area contributed by atoms with E-state index in [9.17, 15) is 14.4 Å². The number of carbonyl (C=O) groups excluding carboxylic acids is 3. The van der Waals surface area contributed by atoms with Gasteiger partial charge >= 0.3 is 6.03 Å². The number of barbiturate groups is 1. The summed E-state index contributed by atoms with van der Waals surface area (Å²) in [6.45, 7) is 2.56. The predicted molar refractivity (Wildman–Crippen MR) is 120 cm³/mol. The van der Waals surface area contributed by atoms with E-state index in [1.165, 1.54) is 11.6 Å². The number of amides is 4. The number of nitrogens with one attached hydrogen (secondary N) is 1. The first-order chi connectivity index (χ1) is 15.5. The molecule has 1 aliphatic heterocycles. The number of rotatable bonds is 6. The second-order valence-electron chi connectivity index (χ2n) is 7.54. The Bertz CT molecular complexity index is 1180. The summed E-state index contributed by atoms with van der Waals surface area (Å²) in [6.07, 6.45) is 1.48. The summed E-state index contributed by atoms with van der Waals surface area (Å²) >= 11 is 0. The molecule has 1 aliphatic rings. The molecule has 6 heteroatoms. The van der Waals surface area contributed by atoms with Crippen LogP contribution in [0.4, 0.5) is 4.79 Å². The quantitative estimate of drug-likeness (QED) is 0.473. The molecule has 0 spiro atoms. The van der Waals surface area contributed by atoms with Gasteiger partial charge in [-0.15, -0.1) is 0 Å². The third-order valence-electron chi connectivity index (χ3n) is 5.05. The number of hydrogen-bond acceptors (Lipinski definition) is 4. The van der Waals surface area contributed by atoms with Crippen molar-refractivity contribution in [3.05, 3.63) is 107 Å². The molecule has 0 bridgehead atoms. The summed E-state index contributed by atoms with van der Waals surface area (Å²) in [6, 6.07) is 23.6. The van der Waals surface area contributed by atoms with E-state index in [-0.39, 0.29) is 12.1 Å². The molecule has 0 saturated carbocycles.